The van der Waals surface area contributed by atoms with Gasteiger partial charge in [0.25, 0.3) is 5.91 Å². The van der Waals surface area contributed by atoms with Gasteiger partial charge in [0.05, 0.1) is 37.3 Å². The Bertz CT molecular complexity index is 885. The van der Waals surface area contributed by atoms with Crippen LogP contribution in [0.15, 0.2) is 51.8 Å². The zero-order chi connectivity index (χ0) is 19.3. The molecule has 1 aliphatic rings. The summed E-state index contributed by atoms with van der Waals surface area (Å²) < 4.78 is 26.9. The minimum atomic E-state index is -3.47. The lowest BCUT2D eigenvalue weighted by Gasteiger charge is -2.31. The first-order valence-corrected chi connectivity index (χ1v) is 11.0. The quantitative estimate of drug-likeness (QED) is 0.526. The van der Waals surface area contributed by atoms with Gasteiger partial charge in [0, 0.05) is 4.88 Å². The summed E-state index contributed by atoms with van der Waals surface area (Å²) in [7, 11) is -3.47. The lowest BCUT2D eigenvalue weighted by atomic mass is 10.2. The minimum absolute atomic E-state index is 0.173. The number of carbonyl (C=O) groups excluding carboxylic acids is 1. The molecule has 0 unspecified atom stereocenters. The number of rotatable bonds is 6. The van der Waals surface area contributed by atoms with Crippen molar-refractivity contribution in [3.8, 4) is 0 Å². The molecule has 2 heterocycles. The summed E-state index contributed by atoms with van der Waals surface area (Å²) in [6, 6.07) is 10.7. The summed E-state index contributed by atoms with van der Waals surface area (Å²) in [5, 5.41) is 5.89. The Labute approximate surface area is 163 Å². The molecule has 1 aromatic carbocycles. The van der Waals surface area contributed by atoms with Crippen molar-refractivity contribution in [2.45, 2.75) is 11.8 Å². The molecule has 1 aliphatic heterocycles. The lowest BCUT2D eigenvalue weighted by molar-refractivity contribution is -0.895. The number of hydrazone groups is 1. The molecule has 2 N–H and O–H groups in total. The van der Waals surface area contributed by atoms with E-state index >= 15 is 0 Å². The second kappa shape index (κ2) is 8.75. The molecular weight excluding hydrogens is 384 g/mol. The van der Waals surface area contributed by atoms with Crippen molar-refractivity contribution < 1.29 is 18.1 Å². The van der Waals surface area contributed by atoms with E-state index in [1.807, 2.05) is 24.4 Å². The van der Waals surface area contributed by atoms with E-state index in [4.69, 9.17) is 0 Å². The maximum absolute atomic E-state index is 12.7. The van der Waals surface area contributed by atoms with Crippen molar-refractivity contribution >= 4 is 33.5 Å². The highest BCUT2D eigenvalue weighted by Crippen LogP contribution is 2.16. The van der Waals surface area contributed by atoms with E-state index in [0.29, 0.717) is 31.1 Å². The second-order valence-electron chi connectivity index (χ2n) is 6.45. The molecule has 3 rings (SSSR count). The minimum Gasteiger partial charge on any atom is -0.325 e. The number of thiophene rings is 1. The highest BCUT2D eigenvalue weighted by atomic mass is 32.2. The number of carbonyl (C=O) groups is 1. The lowest BCUT2D eigenvalue weighted by Crippen LogP contribution is -3.15. The molecule has 0 spiro atoms. The number of sulfonamides is 1. The van der Waals surface area contributed by atoms with Gasteiger partial charge in [0.2, 0.25) is 10.0 Å². The van der Waals surface area contributed by atoms with Gasteiger partial charge in [-0.05, 0) is 30.5 Å². The Balaban J connectivity index is 1.48. The molecule has 2 aromatic rings. The van der Waals surface area contributed by atoms with Crippen molar-refractivity contribution in [2.75, 3.05) is 32.7 Å². The highest BCUT2D eigenvalue weighted by molar-refractivity contribution is 7.89. The first kappa shape index (κ1) is 19.7. The number of benzene rings is 1. The predicted molar refractivity (Wildman–Crippen MR) is 106 cm³/mol. The summed E-state index contributed by atoms with van der Waals surface area (Å²) >= 11 is 1.54. The number of quaternary nitrogens is 1. The number of nitrogens with zero attached hydrogens (tertiary/aromatic N) is 2. The molecule has 0 radical (unpaired) electrons. The van der Waals surface area contributed by atoms with E-state index in [2.05, 4.69) is 10.5 Å². The molecule has 1 aromatic heterocycles. The van der Waals surface area contributed by atoms with Crippen LogP contribution in [0.3, 0.4) is 0 Å². The van der Waals surface area contributed by atoms with Gasteiger partial charge in [-0.15, -0.1) is 11.3 Å². The maximum atomic E-state index is 12.7. The predicted octanol–water partition coefficient (Wildman–Crippen LogP) is 0.0960. The van der Waals surface area contributed by atoms with Crippen molar-refractivity contribution in [1.29, 1.82) is 0 Å². The van der Waals surface area contributed by atoms with Gasteiger partial charge in [-0.25, -0.2) is 13.8 Å². The van der Waals surface area contributed by atoms with Crippen molar-refractivity contribution in [3.05, 3.63) is 52.2 Å². The van der Waals surface area contributed by atoms with Crippen molar-refractivity contribution in [2.24, 2.45) is 5.10 Å². The van der Waals surface area contributed by atoms with Crippen LogP contribution in [-0.2, 0) is 14.8 Å². The number of nitrogens with one attached hydrogen (secondary N) is 2. The van der Waals surface area contributed by atoms with Crippen LogP contribution in [0.1, 0.15) is 10.4 Å². The van der Waals surface area contributed by atoms with Crippen LogP contribution in [0, 0.1) is 6.92 Å². The van der Waals surface area contributed by atoms with Gasteiger partial charge >= 0.3 is 0 Å². The van der Waals surface area contributed by atoms with Crippen LogP contribution < -0.4 is 10.3 Å². The molecule has 0 aliphatic carbocycles. The molecular formula is C18H23N4O3S2+. The number of aryl methyl sites for hydroxylation is 1. The maximum Gasteiger partial charge on any atom is 0.295 e. The second-order valence-corrected chi connectivity index (χ2v) is 9.37. The largest absolute Gasteiger partial charge is 0.325 e. The molecule has 27 heavy (non-hydrogen) atoms. The summed E-state index contributed by atoms with van der Waals surface area (Å²) in [4.78, 5) is 14.3. The molecule has 7 nitrogen and oxygen atoms in total. The third-order valence-electron chi connectivity index (χ3n) is 4.42. The molecule has 0 atom stereocenters. The summed E-state index contributed by atoms with van der Waals surface area (Å²) in [5.74, 6) is -0.173. The summed E-state index contributed by atoms with van der Waals surface area (Å²) in [5.41, 5.74) is 3.55. The Morgan fingerprint density at radius 1 is 1.26 bits per heavy atom. The fourth-order valence-corrected chi connectivity index (χ4v) is 4.90. The third-order valence-corrected chi connectivity index (χ3v) is 7.14. The zero-order valence-electron chi connectivity index (χ0n) is 15.1. The Kier molecular flexibility index (Phi) is 6.38. The molecule has 0 saturated carbocycles. The van der Waals surface area contributed by atoms with Crippen molar-refractivity contribution in [1.82, 2.24) is 9.73 Å². The number of hydrogen-bond donors (Lipinski definition) is 2. The number of amides is 1. The Morgan fingerprint density at radius 2 is 1.96 bits per heavy atom. The van der Waals surface area contributed by atoms with E-state index in [1.54, 1.807) is 41.8 Å². The first-order valence-electron chi connectivity index (χ1n) is 8.71. The fourth-order valence-electron chi connectivity index (χ4n) is 2.88. The fraction of sp³-hybridized carbons (Fsp3) is 0.333. The van der Waals surface area contributed by atoms with Gasteiger partial charge in [-0.1, -0.05) is 23.8 Å². The highest BCUT2D eigenvalue weighted by Gasteiger charge is 2.30. The molecule has 9 heteroatoms. The standard InChI is InChI=1S/C18H22N4O3S2/c1-15-4-6-17(7-5-15)27(24,25)22-10-8-21(9-11-22)14-18(23)20-19-13-16-3-2-12-26-16/h2-7,12-13H,8-11,14H2,1H3,(H,20,23)/p+1/b19-13+. The van der Waals surface area contributed by atoms with Gasteiger partial charge < -0.3 is 4.90 Å². The van der Waals surface area contributed by atoms with E-state index in [0.717, 1.165) is 15.3 Å². The van der Waals surface area contributed by atoms with Crippen molar-refractivity contribution in [3.63, 3.8) is 0 Å². The Morgan fingerprint density at radius 3 is 2.59 bits per heavy atom. The number of hydrogen-bond acceptors (Lipinski definition) is 5. The zero-order valence-corrected chi connectivity index (χ0v) is 16.7. The third kappa shape index (κ3) is 5.23. The van der Waals surface area contributed by atoms with Crippen LogP contribution in [0.4, 0.5) is 0 Å². The molecule has 1 amide bonds. The summed E-state index contributed by atoms with van der Waals surface area (Å²) in [6.07, 6.45) is 1.62. The summed E-state index contributed by atoms with van der Waals surface area (Å²) in [6.45, 7) is 4.18. The normalized spacial score (nSPS) is 16.6. The van der Waals surface area contributed by atoms with Gasteiger partial charge in [0.15, 0.2) is 6.54 Å². The average molecular weight is 408 g/mol. The number of piperazine rings is 1. The monoisotopic (exact) mass is 407 g/mol. The van der Waals surface area contributed by atoms with E-state index in [-0.39, 0.29) is 12.5 Å². The van der Waals surface area contributed by atoms with Gasteiger partial charge in [-0.3, -0.25) is 4.79 Å². The molecule has 144 valence electrons. The van der Waals surface area contributed by atoms with Crippen LogP contribution in [0.5, 0.6) is 0 Å². The van der Waals surface area contributed by atoms with Crippen LogP contribution in [-0.4, -0.2) is 57.6 Å². The van der Waals surface area contributed by atoms with E-state index < -0.39 is 10.0 Å². The van der Waals surface area contributed by atoms with Gasteiger partial charge in [0.1, 0.15) is 0 Å². The molecule has 1 saturated heterocycles. The van der Waals surface area contributed by atoms with Crippen LogP contribution in [0.2, 0.25) is 0 Å². The van der Waals surface area contributed by atoms with Crippen LogP contribution in [0.25, 0.3) is 0 Å². The van der Waals surface area contributed by atoms with E-state index in [9.17, 15) is 13.2 Å². The van der Waals surface area contributed by atoms with Gasteiger partial charge in [-0.2, -0.15) is 9.41 Å². The van der Waals surface area contributed by atoms with E-state index in [1.165, 1.54) is 4.31 Å². The Hall–Kier alpha value is -2.07. The molecule has 0 bridgehead atoms. The average Bonchev–Trinajstić information content (AvgIpc) is 3.16. The molecule has 1 fully saturated rings. The first-order chi connectivity index (χ1) is 12.9. The topological polar surface area (TPSA) is 83.3 Å². The SMILES string of the molecule is Cc1ccc(S(=O)(=O)N2CC[NH+](CC(=O)N/N=C/c3cccs3)CC2)cc1. The van der Waals surface area contributed by atoms with Crippen LogP contribution >= 0.6 is 11.3 Å². The smallest absolute Gasteiger partial charge is 0.295 e.